The number of halogens is 17. The third-order valence-electron chi connectivity index (χ3n) is 22.4. The highest BCUT2D eigenvalue weighted by Crippen LogP contribution is 2.40. The molecule has 17 rings (SSSR count). The van der Waals surface area contributed by atoms with Crippen LogP contribution in [0.1, 0.15) is 165 Å². The van der Waals surface area contributed by atoms with Crippen molar-refractivity contribution in [1.29, 1.82) is 10.5 Å². The first-order valence-electron chi connectivity index (χ1n) is 43.4. The quantitative estimate of drug-likeness (QED) is 0.0195. The second-order valence-electron chi connectivity index (χ2n) is 33.6. The summed E-state index contributed by atoms with van der Waals surface area (Å²) in [6.07, 6.45) is 8.00. The van der Waals surface area contributed by atoms with Crippen molar-refractivity contribution in [1.82, 2.24) is 124 Å². The minimum Gasteiger partial charge on any atom is -0.357 e. The molecule has 0 aromatic carbocycles. The van der Waals surface area contributed by atoms with Crippen molar-refractivity contribution in [2.45, 2.75) is 123 Å². The Morgan fingerprint density at radius 3 is 0.835 bits per heavy atom. The topological polar surface area (TPSA) is 436 Å². The monoisotopic (exact) mass is 2050 g/mol. The minimum absolute atomic E-state index is 0. The summed E-state index contributed by atoms with van der Waals surface area (Å²) in [5.74, 6) is -1.64. The number of hydrogen-bond acceptors (Lipinski definition) is 17. The van der Waals surface area contributed by atoms with Crippen molar-refractivity contribution in [3.8, 4) is 68.4 Å². The summed E-state index contributed by atoms with van der Waals surface area (Å²) in [5, 5.41) is 22.9. The van der Waals surface area contributed by atoms with Gasteiger partial charge in [-0.2, -0.15) is 63.2 Å². The van der Waals surface area contributed by atoms with Crippen LogP contribution >= 0.6 is 58.0 Å². The average Bonchev–Trinajstić information content (AvgIpc) is 1.66. The minimum atomic E-state index is -4.45. The molecule has 0 atom stereocenters. The molecule has 15 heterocycles. The Morgan fingerprint density at radius 1 is 0.345 bits per heavy atom. The molecule has 15 aromatic rings. The van der Waals surface area contributed by atoms with E-state index >= 15 is 0 Å². The molecule has 2 aliphatic rings. The van der Waals surface area contributed by atoms with Gasteiger partial charge in [0, 0.05) is 163 Å². The molecule has 2 saturated carbocycles. The summed E-state index contributed by atoms with van der Waals surface area (Å²) in [7, 11) is 0. The molecular weight excluding hydrogens is 1940 g/mol. The van der Waals surface area contributed by atoms with Crippen LogP contribution in [0.4, 0.5) is 52.7 Å². The highest BCUT2D eigenvalue weighted by atomic mass is 35.5. The molecule has 0 saturated heterocycles. The van der Waals surface area contributed by atoms with Gasteiger partial charge >= 0.3 is 24.7 Å². The summed E-state index contributed by atoms with van der Waals surface area (Å²) in [5.41, 5.74) is 9.59. The van der Waals surface area contributed by atoms with Crippen LogP contribution in [0.25, 0.3) is 111 Å². The number of carbonyl (C=O) groups is 5. The summed E-state index contributed by atoms with van der Waals surface area (Å²) >= 11 is 31.0. The molecule has 0 unspecified atom stereocenters. The zero-order valence-corrected chi connectivity index (χ0v) is 78.1. The number of amides is 5. The number of nitrogens with zero attached hydrogens (tertiary/aromatic N) is 17. The van der Waals surface area contributed by atoms with E-state index in [-0.39, 0.29) is 93.3 Å². The number of nitrogens with one attached hydrogen (secondary N) is 10. The molecule has 2 fully saturated rings. The Morgan fingerprint density at radius 2 is 0.583 bits per heavy atom. The van der Waals surface area contributed by atoms with Gasteiger partial charge in [0.05, 0.1) is 125 Å². The van der Waals surface area contributed by atoms with E-state index in [0.29, 0.717) is 163 Å². The van der Waals surface area contributed by atoms with E-state index in [2.05, 4.69) is 106 Å². The number of aromatic amines is 10. The Kier molecular flexibility index (Phi) is 33.2. The van der Waals surface area contributed by atoms with Crippen LogP contribution in [-0.2, 0) is 0 Å². The number of fused-ring (bicyclic) bond motifs is 5. The van der Waals surface area contributed by atoms with E-state index in [0.717, 1.165) is 59.3 Å². The van der Waals surface area contributed by atoms with Crippen molar-refractivity contribution in [3.05, 3.63) is 178 Å². The second-order valence-corrected chi connectivity index (χ2v) is 35.6. The molecule has 2 aliphatic carbocycles. The molecule has 15 aromatic heterocycles. The number of H-pyrrole nitrogens is 10. The molecule has 752 valence electrons. The number of alkyl halides is 12. The molecular formula is C90H108Cl5F12N27O5. The van der Waals surface area contributed by atoms with Gasteiger partial charge in [-0.25, -0.2) is 49.8 Å². The summed E-state index contributed by atoms with van der Waals surface area (Å²) in [6, 6.07) is 11.8. The molecule has 10 N–H and O–H groups in total. The third kappa shape index (κ3) is 26.5. The van der Waals surface area contributed by atoms with Crippen LogP contribution in [0, 0.1) is 46.3 Å². The fourth-order valence-corrected chi connectivity index (χ4v) is 16.6. The maximum atomic E-state index is 13.0. The number of carbonyl (C=O) groups excluding carboxylic acids is 5. The van der Waals surface area contributed by atoms with Crippen LogP contribution in [0.3, 0.4) is 0 Å². The zero-order chi connectivity index (χ0) is 100.0. The number of aromatic nitrogens is 20. The Bertz CT molecular complexity index is 6950. The average molecular weight is 2050 g/mol. The van der Waals surface area contributed by atoms with Gasteiger partial charge in [0.1, 0.15) is 94.9 Å². The first kappa shape index (κ1) is 103. The largest absolute Gasteiger partial charge is 0.406 e. The number of hydrogen-bond donors (Lipinski definition) is 10. The van der Waals surface area contributed by atoms with Crippen LogP contribution in [0.2, 0.25) is 25.1 Å². The molecule has 0 spiro atoms. The molecule has 5 amide bonds. The summed E-state index contributed by atoms with van der Waals surface area (Å²) < 4.78 is 153. The molecule has 0 aliphatic heterocycles. The molecule has 49 heteroatoms. The molecule has 0 radical (unpaired) electrons. The molecule has 0 bridgehead atoms. The van der Waals surface area contributed by atoms with E-state index in [1.807, 2.05) is 33.8 Å². The molecule has 139 heavy (non-hydrogen) atoms. The smallest absolute Gasteiger partial charge is 0.357 e. The first-order chi connectivity index (χ1) is 66.1. The lowest BCUT2D eigenvalue weighted by Crippen LogP contribution is -2.43. The highest BCUT2D eigenvalue weighted by Gasteiger charge is 2.38. The van der Waals surface area contributed by atoms with Gasteiger partial charge in [0.15, 0.2) is 0 Å². The first-order valence-corrected chi connectivity index (χ1v) is 45.3. The second kappa shape index (κ2) is 44.9. The van der Waals surface area contributed by atoms with Crippen molar-refractivity contribution in [3.63, 3.8) is 0 Å². The van der Waals surface area contributed by atoms with Crippen LogP contribution < -0.4 is 0 Å². The lowest BCUT2D eigenvalue weighted by molar-refractivity contribution is -0.142. The van der Waals surface area contributed by atoms with Gasteiger partial charge in [-0.05, 0) is 79.7 Å². The van der Waals surface area contributed by atoms with Gasteiger partial charge in [0.2, 0.25) is 0 Å². The standard InChI is InChI=1S/C19H19ClF3N5O.C18H17ClF3N5O.C18H19ClF3N5O.C18H19ClN6O.C17H14ClF3N6O.10H2/c20-13-8-25-17-15(13)16(26-10-27-17)12-6-14(24-7-12)18(29)28(5-4-19(21,22)23)9-11-2-1-3-11;19-12-6-24-16-14(12)15(25-9-26-16)11-4-13(23-5-11)17(28)27(8-18(20,21)22)7-10-2-1-3-10;1-10(2)8-27(4-3-18(20,21)22)17(28)13-5-11(6-23-13)15-14-12(19)7-24-16(14)26-9-25-15;1-11(2)9-25(5-3-4-20)18(26)14-6-12(7-21-14)16-15-13(19)8-22-17(15)24-10-23-16;18-11-8-24-15-13(11)14(25-9-26-15)10-6-12(23-7-10)16(28)27(4-1-3-22)5-2-17(19,20)21;;;;;;;;;;/h6-8,10-11,24H,1-5,9H2,(H,25,26,27);4-6,9-10,23H,1-3,7-8H2,(H,24,25,26);5-7,9-10,23H,3-4,8H2,1-2H3,(H,24,25,26);6-8,10-11,21H,3,5,9H2,1-2H3,(H,22,23,24);6-9,23H,1-2,4-5H2,(H,24,25,26);10*1H. The van der Waals surface area contributed by atoms with E-state index in [9.17, 15) is 76.7 Å². The number of nitriles is 2. The van der Waals surface area contributed by atoms with Gasteiger partial charge in [-0.3, -0.25) is 24.0 Å². The zero-order valence-electron chi connectivity index (χ0n) is 74.3. The third-order valence-corrected chi connectivity index (χ3v) is 23.9. The highest BCUT2D eigenvalue weighted by molar-refractivity contribution is 6.38. The van der Waals surface area contributed by atoms with Crippen LogP contribution in [-0.4, -0.2) is 244 Å². The molecule has 32 nitrogen and oxygen atoms in total. The SMILES string of the molecule is CC(C)CN(CCC#N)C(=O)c1cc(-c2ncnc3[nH]cc(Cl)c23)c[nH]1.CC(C)CN(CCC(F)(F)F)C(=O)c1cc(-c2ncnc3[nH]cc(Cl)c23)c[nH]1.N#CCCN(CCC(F)(F)F)C(=O)c1cc(-c2ncnc3[nH]cc(Cl)c23)c[nH]1.O=C(c1cc(-c2ncnc3[nH]cc(Cl)c23)c[nH]1)N(CC1CCC1)CC(F)(F)F.O=C(c1cc(-c2ncnc3[nH]cc(Cl)c23)c[nH]1)N(CCC(F)(F)F)CC1CCC1.[HH].[HH].[HH].[HH].[HH].[HH].[HH].[HH].[HH].[HH]. The predicted molar refractivity (Wildman–Crippen MR) is 517 cm³/mol. The maximum absolute atomic E-state index is 13.0. The van der Waals surface area contributed by atoms with E-state index in [1.165, 1.54) is 66.0 Å². The summed E-state index contributed by atoms with van der Waals surface area (Å²) in [6.45, 7) is 6.81. The van der Waals surface area contributed by atoms with Gasteiger partial charge < -0.3 is 74.3 Å². The predicted octanol–water partition coefficient (Wildman–Crippen LogP) is 23.9. The summed E-state index contributed by atoms with van der Waals surface area (Å²) in [4.78, 5) is 141. The lowest BCUT2D eigenvalue weighted by Gasteiger charge is -2.32. The van der Waals surface area contributed by atoms with E-state index in [1.54, 1.807) is 72.7 Å². The fraction of sp³-hybridized carbons (Fsp3) is 0.367. The normalized spacial score (nSPS) is 13.0. The van der Waals surface area contributed by atoms with Crippen molar-refractivity contribution >= 4 is 143 Å². The van der Waals surface area contributed by atoms with Crippen LogP contribution in [0.5, 0.6) is 0 Å². The van der Waals surface area contributed by atoms with Gasteiger partial charge in [-0.15, -0.1) is 0 Å². The Hall–Kier alpha value is -13.6. The van der Waals surface area contributed by atoms with Gasteiger partial charge in [-0.1, -0.05) is 98.5 Å². The lowest BCUT2D eigenvalue weighted by atomic mass is 9.85. The number of rotatable bonds is 29. The maximum Gasteiger partial charge on any atom is 0.406 e. The van der Waals surface area contributed by atoms with Crippen LogP contribution in [0.15, 0.2) is 124 Å². The Balaban J connectivity index is 0.000000471. The van der Waals surface area contributed by atoms with Crippen molar-refractivity contribution in [2.24, 2.45) is 23.7 Å². The van der Waals surface area contributed by atoms with E-state index < -0.39 is 87.2 Å². The van der Waals surface area contributed by atoms with E-state index in [4.69, 9.17) is 68.5 Å². The fourth-order valence-electron chi connectivity index (χ4n) is 15.4. The van der Waals surface area contributed by atoms with Crippen molar-refractivity contribution < 1.29 is 90.9 Å². The van der Waals surface area contributed by atoms with Gasteiger partial charge in [0.25, 0.3) is 29.5 Å². The van der Waals surface area contributed by atoms with Crippen molar-refractivity contribution in [2.75, 3.05) is 65.4 Å². The Labute approximate surface area is 822 Å².